The minimum Gasteiger partial charge on any atom is -0.491 e. The van der Waals surface area contributed by atoms with E-state index in [0.29, 0.717) is 18.3 Å². The summed E-state index contributed by atoms with van der Waals surface area (Å²) in [4.78, 5) is 0. The van der Waals surface area contributed by atoms with Gasteiger partial charge in [0.05, 0.1) is 6.61 Å². The van der Waals surface area contributed by atoms with Crippen LogP contribution in [0.1, 0.15) is 89.5 Å². The molecule has 1 aromatic carbocycles. The van der Waals surface area contributed by atoms with Gasteiger partial charge in [-0.1, -0.05) is 70.1 Å². The summed E-state index contributed by atoms with van der Waals surface area (Å²) < 4.78 is 19.3. The van der Waals surface area contributed by atoms with Crippen LogP contribution < -0.4 is 4.74 Å². The molecule has 2 heteroatoms. The predicted octanol–water partition coefficient (Wildman–Crippen LogP) is 7.41. The van der Waals surface area contributed by atoms with Gasteiger partial charge in [0.2, 0.25) is 0 Å². The molecule has 2 unspecified atom stereocenters. The van der Waals surface area contributed by atoms with Gasteiger partial charge in [0.15, 0.2) is 11.6 Å². The van der Waals surface area contributed by atoms with Gasteiger partial charge in [-0.3, -0.25) is 0 Å². The summed E-state index contributed by atoms with van der Waals surface area (Å²) >= 11 is 0. The highest BCUT2D eigenvalue weighted by Gasteiger charge is 2.18. The second-order valence-electron chi connectivity index (χ2n) is 7.36. The van der Waals surface area contributed by atoms with Gasteiger partial charge in [-0.25, -0.2) is 4.39 Å². The maximum atomic E-state index is 14.0. The molecule has 2 rings (SSSR count). The van der Waals surface area contributed by atoms with Crippen molar-refractivity contribution in [3.8, 4) is 5.75 Å². The predicted molar refractivity (Wildman–Crippen MR) is 105 cm³/mol. The first-order valence-electron chi connectivity index (χ1n) is 10.3. The van der Waals surface area contributed by atoms with Gasteiger partial charge in [0.1, 0.15) is 0 Å². The van der Waals surface area contributed by atoms with Gasteiger partial charge in [-0.15, -0.1) is 0 Å². The molecule has 1 aliphatic carbocycles. The Morgan fingerprint density at radius 2 is 1.72 bits per heavy atom. The van der Waals surface area contributed by atoms with E-state index >= 15 is 0 Å². The number of hydrogen-bond acceptors (Lipinski definition) is 1. The van der Waals surface area contributed by atoms with Crippen LogP contribution in [-0.4, -0.2) is 6.61 Å². The highest BCUT2D eigenvalue weighted by Crippen LogP contribution is 2.34. The first kappa shape index (κ1) is 20.0. The number of rotatable bonds is 11. The zero-order chi connectivity index (χ0) is 17.9. The molecule has 25 heavy (non-hydrogen) atoms. The summed E-state index contributed by atoms with van der Waals surface area (Å²) in [6.07, 6.45) is 18.0. The second-order valence-corrected chi connectivity index (χ2v) is 7.36. The lowest BCUT2D eigenvalue weighted by molar-refractivity contribution is 0.321. The van der Waals surface area contributed by atoms with Crippen molar-refractivity contribution in [3.63, 3.8) is 0 Å². The summed E-state index contributed by atoms with van der Waals surface area (Å²) in [6, 6.07) is 5.43. The maximum absolute atomic E-state index is 14.0. The van der Waals surface area contributed by atoms with Crippen molar-refractivity contribution in [2.75, 3.05) is 6.61 Å². The van der Waals surface area contributed by atoms with E-state index in [2.05, 4.69) is 19.1 Å². The number of unbranched alkanes of at least 4 members (excludes halogenated alkanes) is 6. The Morgan fingerprint density at radius 3 is 2.36 bits per heavy atom. The minimum absolute atomic E-state index is 0.238. The van der Waals surface area contributed by atoms with E-state index < -0.39 is 0 Å². The van der Waals surface area contributed by atoms with Crippen LogP contribution in [-0.2, 0) is 0 Å². The van der Waals surface area contributed by atoms with Gasteiger partial charge in [0.25, 0.3) is 0 Å². The van der Waals surface area contributed by atoms with Gasteiger partial charge in [0, 0.05) is 5.92 Å². The van der Waals surface area contributed by atoms with Crippen LogP contribution in [0.3, 0.4) is 0 Å². The fraction of sp³-hybridized carbons (Fsp3) is 0.652. The number of hydrogen-bond donors (Lipinski definition) is 0. The Labute approximate surface area is 153 Å². The summed E-state index contributed by atoms with van der Waals surface area (Å²) in [5.74, 6) is 1.20. The van der Waals surface area contributed by atoms with Crippen molar-refractivity contribution in [3.05, 3.63) is 41.7 Å². The van der Waals surface area contributed by atoms with Crippen molar-refractivity contribution in [1.29, 1.82) is 0 Å². The highest BCUT2D eigenvalue weighted by molar-refractivity contribution is 5.33. The van der Waals surface area contributed by atoms with Gasteiger partial charge in [-0.2, -0.15) is 0 Å². The Hall–Kier alpha value is -1.31. The number of halogens is 1. The molecular formula is C23H35FO. The van der Waals surface area contributed by atoms with E-state index in [-0.39, 0.29) is 5.82 Å². The van der Waals surface area contributed by atoms with E-state index in [1.807, 2.05) is 13.0 Å². The minimum atomic E-state index is -0.238. The third-order valence-electron chi connectivity index (χ3n) is 5.33. The lowest BCUT2D eigenvalue weighted by atomic mass is 9.82. The first-order chi connectivity index (χ1) is 12.2. The SMILES string of the molecule is CCCCCCCCCC1C=CC(c2ccc(OCC)c(F)c2)CC1. The molecule has 0 bridgehead atoms. The van der Waals surface area contributed by atoms with Crippen LogP contribution in [0.4, 0.5) is 4.39 Å². The zero-order valence-electron chi connectivity index (χ0n) is 16.1. The molecule has 140 valence electrons. The highest BCUT2D eigenvalue weighted by atomic mass is 19.1. The Kier molecular flexibility index (Phi) is 9.07. The van der Waals surface area contributed by atoms with Gasteiger partial charge >= 0.3 is 0 Å². The molecule has 0 N–H and O–H groups in total. The quantitative estimate of drug-likeness (QED) is 0.299. The summed E-state index contributed by atoms with van der Waals surface area (Å²) in [5.41, 5.74) is 1.08. The van der Waals surface area contributed by atoms with Crippen LogP contribution in [0.25, 0.3) is 0 Å². The molecule has 0 saturated heterocycles. The van der Waals surface area contributed by atoms with Crippen LogP contribution in [0, 0.1) is 11.7 Å². The standard InChI is InChI=1S/C23H35FO/c1-3-5-6-7-8-9-10-11-19-12-14-20(15-13-19)21-16-17-23(25-4-2)22(24)18-21/h12,14,16-20H,3-11,13,15H2,1-2H3. The summed E-state index contributed by atoms with van der Waals surface area (Å²) in [6.45, 7) is 4.65. The van der Waals surface area contributed by atoms with E-state index in [0.717, 1.165) is 17.9 Å². The Morgan fingerprint density at radius 1 is 0.960 bits per heavy atom. The molecule has 2 atom stereocenters. The topological polar surface area (TPSA) is 9.23 Å². The van der Waals surface area contributed by atoms with Gasteiger partial charge < -0.3 is 4.74 Å². The van der Waals surface area contributed by atoms with Crippen molar-refractivity contribution >= 4 is 0 Å². The molecule has 0 amide bonds. The summed E-state index contributed by atoms with van der Waals surface area (Å²) in [5, 5.41) is 0. The molecule has 0 radical (unpaired) electrons. The molecule has 0 aliphatic heterocycles. The molecule has 0 aromatic heterocycles. The van der Waals surface area contributed by atoms with E-state index in [1.54, 1.807) is 12.1 Å². The van der Waals surface area contributed by atoms with Crippen LogP contribution in [0.15, 0.2) is 30.4 Å². The Bertz CT molecular complexity index is 523. The van der Waals surface area contributed by atoms with Gasteiger partial charge in [-0.05, 0) is 49.8 Å². The molecule has 0 spiro atoms. The molecule has 0 heterocycles. The molecule has 1 nitrogen and oxygen atoms in total. The molecule has 0 saturated carbocycles. The van der Waals surface area contributed by atoms with Crippen molar-refractivity contribution in [2.45, 2.75) is 84.0 Å². The second kappa shape index (κ2) is 11.3. The lowest BCUT2D eigenvalue weighted by Gasteiger charge is -2.23. The van der Waals surface area contributed by atoms with Crippen molar-refractivity contribution < 1.29 is 9.13 Å². The van der Waals surface area contributed by atoms with Crippen molar-refractivity contribution in [2.24, 2.45) is 5.92 Å². The monoisotopic (exact) mass is 346 g/mol. The average molecular weight is 347 g/mol. The lowest BCUT2D eigenvalue weighted by Crippen LogP contribution is -2.08. The normalized spacial score (nSPS) is 20.0. The number of allylic oxidation sites excluding steroid dienone is 2. The Balaban J connectivity index is 1.72. The average Bonchev–Trinajstić information content (AvgIpc) is 2.63. The molecular weight excluding hydrogens is 311 g/mol. The first-order valence-corrected chi connectivity index (χ1v) is 10.3. The molecule has 0 fully saturated rings. The summed E-state index contributed by atoms with van der Waals surface area (Å²) in [7, 11) is 0. The fourth-order valence-electron chi connectivity index (χ4n) is 3.78. The number of ether oxygens (including phenoxy) is 1. The van der Waals surface area contributed by atoms with Crippen molar-refractivity contribution in [1.82, 2.24) is 0 Å². The van der Waals surface area contributed by atoms with Crippen LogP contribution >= 0.6 is 0 Å². The third-order valence-corrected chi connectivity index (χ3v) is 5.33. The van der Waals surface area contributed by atoms with E-state index in [4.69, 9.17) is 4.74 Å². The van der Waals surface area contributed by atoms with E-state index in [1.165, 1.54) is 57.8 Å². The van der Waals surface area contributed by atoms with E-state index in [9.17, 15) is 4.39 Å². The molecule has 1 aliphatic rings. The third kappa shape index (κ3) is 6.84. The maximum Gasteiger partial charge on any atom is 0.165 e. The number of benzene rings is 1. The van der Waals surface area contributed by atoms with Crippen LogP contribution in [0.5, 0.6) is 5.75 Å². The smallest absolute Gasteiger partial charge is 0.165 e. The molecule has 1 aromatic rings. The fourth-order valence-corrected chi connectivity index (χ4v) is 3.78. The largest absolute Gasteiger partial charge is 0.491 e. The van der Waals surface area contributed by atoms with Crippen LogP contribution in [0.2, 0.25) is 0 Å². The zero-order valence-corrected chi connectivity index (χ0v) is 16.1.